The molecule has 0 bridgehead atoms. The van der Waals surface area contributed by atoms with Gasteiger partial charge in [-0.15, -0.1) is 0 Å². The molecule has 4 heteroatoms. The number of hydrogen-bond donors (Lipinski definition) is 1. The molecule has 2 nitrogen and oxygen atoms in total. The molecule has 1 spiro atoms. The molecule has 0 aliphatic carbocycles. The predicted octanol–water partition coefficient (Wildman–Crippen LogP) is 3.54. The second-order valence-electron chi connectivity index (χ2n) is 6.11. The number of hydrogen-bond acceptors (Lipinski definition) is 4. The summed E-state index contributed by atoms with van der Waals surface area (Å²) >= 11 is 4.12. The summed E-state index contributed by atoms with van der Waals surface area (Å²) in [7, 11) is 0. The van der Waals surface area contributed by atoms with Crippen LogP contribution in [0.5, 0.6) is 0 Å². The third kappa shape index (κ3) is 4.55. The van der Waals surface area contributed by atoms with E-state index in [9.17, 15) is 0 Å². The van der Waals surface area contributed by atoms with Crippen LogP contribution in [0.3, 0.4) is 0 Å². The molecular weight excluding hydrogens is 274 g/mol. The molecule has 3 unspecified atom stereocenters. The van der Waals surface area contributed by atoms with Crippen molar-refractivity contribution in [2.45, 2.75) is 62.8 Å². The van der Waals surface area contributed by atoms with Crippen molar-refractivity contribution in [1.29, 1.82) is 0 Å². The highest BCUT2D eigenvalue weighted by Crippen LogP contribution is 2.40. The van der Waals surface area contributed by atoms with Gasteiger partial charge in [0.15, 0.2) is 0 Å². The Bertz CT molecular complexity index is 263. The molecule has 3 atom stereocenters. The van der Waals surface area contributed by atoms with Crippen molar-refractivity contribution in [2.75, 3.05) is 23.9 Å². The molecule has 2 saturated heterocycles. The van der Waals surface area contributed by atoms with Crippen LogP contribution < -0.4 is 5.73 Å². The van der Waals surface area contributed by atoms with Gasteiger partial charge in [-0.05, 0) is 49.5 Å². The summed E-state index contributed by atoms with van der Waals surface area (Å²) in [5, 5.41) is 0.742. The van der Waals surface area contributed by atoms with Gasteiger partial charge in [-0.2, -0.15) is 23.5 Å². The molecule has 2 aliphatic rings. The van der Waals surface area contributed by atoms with Crippen LogP contribution in [-0.2, 0) is 4.74 Å². The van der Waals surface area contributed by atoms with Crippen molar-refractivity contribution in [1.82, 2.24) is 0 Å². The average Bonchev–Trinajstić information content (AvgIpc) is 2.45. The molecule has 2 heterocycles. The molecule has 2 N–H and O–H groups in total. The number of thioether (sulfide) groups is 2. The number of nitrogens with two attached hydrogens (primary N) is 1. The van der Waals surface area contributed by atoms with E-state index in [1.165, 1.54) is 37.2 Å². The minimum Gasteiger partial charge on any atom is -0.375 e. The Balaban J connectivity index is 1.82. The van der Waals surface area contributed by atoms with E-state index in [1.54, 1.807) is 0 Å². The molecule has 0 radical (unpaired) electrons. The molecule has 0 saturated carbocycles. The predicted molar refractivity (Wildman–Crippen MR) is 88.2 cm³/mol. The van der Waals surface area contributed by atoms with Crippen molar-refractivity contribution >= 4 is 23.5 Å². The molecule has 112 valence electrons. The molecular formula is C15H29NOS2. The van der Waals surface area contributed by atoms with E-state index >= 15 is 0 Å². The summed E-state index contributed by atoms with van der Waals surface area (Å²) in [6.07, 6.45) is 6.08. The Hall–Kier alpha value is 0.620. The average molecular weight is 304 g/mol. The van der Waals surface area contributed by atoms with E-state index in [1.807, 2.05) is 11.8 Å². The maximum absolute atomic E-state index is 6.46. The Kier molecular flexibility index (Phi) is 6.38. The van der Waals surface area contributed by atoms with Crippen molar-refractivity contribution in [3.8, 4) is 0 Å². The van der Waals surface area contributed by atoms with Gasteiger partial charge in [-0.3, -0.25) is 0 Å². The van der Waals surface area contributed by atoms with Crippen LogP contribution in [0.1, 0.15) is 46.0 Å². The van der Waals surface area contributed by atoms with Crippen LogP contribution in [-0.4, -0.2) is 40.8 Å². The van der Waals surface area contributed by atoms with Gasteiger partial charge in [0, 0.05) is 23.7 Å². The largest absolute Gasteiger partial charge is 0.375 e. The van der Waals surface area contributed by atoms with Gasteiger partial charge < -0.3 is 10.5 Å². The quantitative estimate of drug-likeness (QED) is 0.842. The number of rotatable bonds is 5. The lowest BCUT2D eigenvalue weighted by Crippen LogP contribution is -2.48. The van der Waals surface area contributed by atoms with E-state index in [0.717, 1.165) is 24.0 Å². The Labute approximate surface area is 127 Å². The van der Waals surface area contributed by atoms with Crippen LogP contribution in [0, 0.1) is 5.92 Å². The van der Waals surface area contributed by atoms with E-state index in [0.29, 0.717) is 12.0 Å². The molecule has 0 amide bonds. The van der Waals surface area contributed by atoms with Gasteiger partial charge >= 0.3 is 0 Å². The Morgan fingerprint density at radius 2 is 2.16 bits per heavy atom. The first-order valence-electron chi connectivity index (χ1n) is 7.74. The fourth-order valence-electron chi connectivity index (χ4n) is 3.05. The first-order valence-corrected chi connectivity index (χ1v) is 9.94. The maximum atomic E-state index is 6.46. The first-order chi connectivity index (χ1) is 9.15. The van der Waals surface area contributed by atoms with E-state index in [-0.39, 0.29) is 5.60 Å². The topological polar surface area (TPSA) is 35.2 Å². The smallest absolute Gasteiger partial charge is 0.0701 e. The Morgan fingerprint density at radius 1 is 1.42 bits per heavy atom. The van der Waals surface area contributed by atoms with E-state index < -0.39 is 0 Å². The zero-order valence-electron chi connectivity index (χ0n) is 12.4. The van der Waals surface area contributed by atoms with Crippen LogP contribution in [0.25, 0.3) is 0 Å². The molecule has 0 aromatic heterocycles. The lowest BCUT2D eigenvalue weighted by Gasteiger charge is -2.44. The third-order valence-corrected chi connectivity index (χ3v) is 7.15. The van der Waals surface area contributed by atoms with Gasteiger partial charge in [0.05, 0.1) is 5.60 Å². The van der Waals surface area contributed by atoms with Crippen LogP contribution in [0.15, 0.2) is 0 Å². The zero-order chi connectivity index (χ0) is 13.7. The monoisotopic (exact) mass is 303 g/mol. The van der Waals surface area contributed by atoms with Crippen LogP contribution in [0.2, 0.25) is 0 Å². The second kappa shape index (κ2) is 7.58. The highest BCUT2D eigenvalue weighted by Gasteiger charge is 2.40. The molecule has 0 aromatic rings. The molecule has 19 heavy (non-hydrogen) atoms. The summed E-state index contributed by atoms with van der Waals surface area (Å²) in [5.74, 6) is 4.32. The van der Waals surface area contributed by atoms with Crippen molar-refractivity contribution < 1.29 is 4.74 Å². The standard InChI is InChI=1S/C15H29NOS2/c1-3-12(2)19-11-14(16)13-4-7-17-15(10-13)5-8-18-9-6-15/h12-14H,3-11,16H2,1-2H3. The normalized spacial score (nSPS) is 30.2. The maximum Gasteiger partial charge on any atom is 0.0701 e. The van der Waals surface area contributed by atoms with Crippen LogP contribution >= 0.6 is 23.5 Å². The fraction of sp³-hybridized carbons (Fsp3) is 1.00. The lowest BCUT2D eigenvalue weighted by molar-refractivity contribution is -0.104. The van der Waals surface area contributed by atoms with Gasteiger partial charge in [0.1, 0.15) is 0 Å². The summed E-state index contributed by atoms with van der Waals surface area (Å²) in [6, 6.07) is 0.356. The molecule has 2 rings (SSSR count). The van der Waals surface area contributed by atoms with Gasteiger partial charge in [-0.1, -0.05) is 13.8 Å². The Morgan fingerprint density at radius 3 is 2.84 bits per heavy atom. The van der Waals surface area contributed by atoms with Crippen molar-refractivity contribution in [2.24, 2.45) is 11.7 Å². The van der Waals surface area contributed by atoms with Gasteiger partial charge in [0.25, 0.3) is 0 Å². The summed E-state index contributed by atoms with van der Waals surface area (Å²) in [4.78, 5) is 0. The third-order valence-electron chi connectivity index (χ3n) is 4.69. The van der Waals surface area contributed by atoms with Crippen LogP contribution in [0.4, 0.5) is 0 Å². The van der Waals surface area contributed by atoms with Crippen molar-refractivity contribution in [3.63, 3.8) is 0 Å². The minimum absolute atomic E-state index is 0.187. The summed E-state index contributed by atoms with van der Waals surface area (Å²) in [5.41, 5.74) is 6.65. The molecule has 2 aliphatic heterocycles. The highest BCUT2D eigenvalue weighted by molar-refractivity contribution is 8.00. The summed E-state index contributed by atoms with van der Waals surface area (Å²) < 4.78 is 6.16. The van der Waals surface area contributed by atoms with Crippen molar-refractivity contribution in [3.05, 3.63) is 0 Å². The lowest BCUT2D eigenvalue weighted by atomic mass is 9.79. The fourth-order valence-corrected chi connectivity index (χ4v) is 5.35. The highest BCUT2D eigenvalue weighted by atomic mass is 32.2. The first kappa shape index (κ1) is 16.0. The van der Waals surface area contributed by atoms with Gasteiger partial charge in [-0.25, -0.2) is 0 Å². The van der Waals surface area contributed by atoms with Gasteiger partial charge in [0.2, 0.25) is 0 Å². The number of ether oxygens (including phenoxy) is 1. The minimum atomic E-state index is 0.187. The SMILES string of the molecule is CCC(C)SCC(N)C1CCOC2(CCSCC2)C1. The molecule has 0 aromatic carbocycles. The van der Waals surface area contributed by atoms with E-state index in [2.05, 4.69) is 25.6 Å². The molecule has 2 fully saturated rings. The zero-order valence-corrected chi connectivity index (χ0v) is 14.0. The second-order valence-corrected chi connectivity index (χ2v) is 8.81. The summed E-state index contributed by atoms with van der Waals surface area (Å²) in [6.45, 7) is 5.49. The van der Waals surface area contributed by atoms with E-state index in [4.69, 9.17) is 10.5 Å².